The Morgan fingerprint density at radius 2 is 2.37 bits per heavy atom. The Balaban J connectivity index is 2.31. The molecule has 0 saturated heterocycles. The van der Waals surface area contributed by atoms with Crippen LogP contribution in [0.15, 0.2) is 38.6 Å². The molecule has 19 heavy (non-hydrogen) atoms. The summed E-state index contributed by atoms with van der Waals surface area (Å²) < 4.78 is 6.62. The van der Waals surface area contributed by atoms with Crippen molar-refractivity contribution in [2.75, 3.05) is 13.2 Å². The number of H-pyrrole nitrogens is 1. The molecular formula is C10H11N5O4. The van der Waals surface area contributed by atoms with Gasteiger partial charge in [-0.05, 0) is 17.2 Å². The number of aromatic amines is 1. The van der Waals surface area contributed by atoms with Crippen LogP contribution in [0.2, 0.25) is 0 Å². The first-order chi connectivity index (χ1) is 9.15. The lowest BCUT2D eigenvalue weighted by molar-refractivity contribution is -0.0141. The molecule has 0 bridgehead atoms. The normalized spacial score (nSPS) is 21.8. The summed E-state index contributed by atoms with van der Waals surface area (Å²) in [4.78, 5) is 27.3. The van der Waals surface area contributed by atoms with E-state index in [4.69, 9.17) is 15.4 Å². The third-order valence-electron chi connectivity index (χ3n) is 2.68. The number of hydrogen-bond acceptors (Lipinski definition) is 5. The zero-order chi connectivity index (χ0) is 13.8. The van der Waals surface area contributed by atoms with Crippen molar-refractivity contribution in [3.05, 3.63) is 55.2 Å². The Morgan fingerprint density at radius 3 is 3.00 bits per heavy atom. The molecule has 0 radical (unpaired) electrons. The molecule has 0 aliphatic carbocycles. The van der Waals surface area contributed by atoms with Crippen molar-refractivity contribution in [2.45, 2.75) is 12.3 Å². The fourth-order valence-electron chi connectivity index (χ4n) is 1.79. The van der Waals surface area contributed by atoms with E-state index in [0.29, 0.717) is 5.57 Å². The molecule has 1 aromatic rings. The number of nitrogens with one attached hydrogen (secondary N) is 1. The molecule has 1 aromatic heterocycles. The fourth-order valence-corrected chi connectivity index (χ4v) is 1.79. The van der Waals surface area contributed by atoms with Gasteiger partial charge in [0.15, 0.2) is 6.23 Å². The first-order valence-corrected chi connectivity index (χ1v) is 5.45. The maximum Gasteiger partial charge on any atom is 0.330 e. The Labute approximate surface area is 106 Å². The van der Waals surface area contributed by atoms with E-state index in [1.54, 1.807) is 6.08 Å². The van der Waals surface area contributed by atoms with Gasteiger partial charge in [0.2, 0.25) is 0 Å². The standard InChI is InChI=1S/C10H11N5O4/c11-14-12-4-6-3-9(19-7(6)5-16)15-2-1-8(17)13-10(15)18/h1-3,7,9,16H,4-5H2,(H,13,17,18)/t7-,9-/m1/s1. The van der Waals surface area contributed by atoms with E-state index < -0.39 is 23.6 Å². The summed E-state index contributed by atoms with van der Waals surface area (Å²) in [6.07, 6.45) is 1.50. The molecule has 9 heteroatoms. The van der Waals surface area contributed by atoms with Crippen molar-refractivity contribution < 1.29 is 9.84 Å². The molecule has 0 aromatic carbocycles. The lowest BCUT2D eigenvalue weighted by Crippen LogP contribution is -2.32. The Morgan fingerprint density at radius 1 is 1.58 bits per heavy atom. The maximum atomic E-state index is 11.6. The van der Waals surface area contributed by atoms with Gasteiger partial charge in [0.25, 0.3) is 5.56 Å². The molecule has 0 unspecified atom stereocenters. The van der Waals surface area contributed by atoms with E-state index in [0.717, 1.165) is 0 Å². The first kappa shape index (κ1) is 13.1. The monoisotopic (exact) mass is 265 g/mol. The molecule has 0 amide bonds. The summed E-state index contributed by atoms with van der Waals surface area (Å²) in [5.74, 6) is 0. The molecule has 100 valence electrons. The van der Waals surface area contributed by atoms with Crippen LogP contribution < -0.4 is 11.2 Å². The van der Waals surface area contributed by atoms with Crippen molar-refractivity contribution in [1.82, 2.24) is 9.55 Å². The molecular weight excluding hydrogens is 254 g/mol. The number of nitrogens with zero attached hydrogens (tertiary/aromatic N) is 4. The van der Waals surface area contributed by atoms with Gasteiger partial charge in [-0.25, -0.2) is 4.79 Å². The molecule has 1 aliphatic rings. The second kappa shape index (κ2) is 5.53. The predicted octanol–water partition coefficient (Wildman–Crippen LogP) is -0.337. The highest BCUT2D eigenvalue weighted by atomic mass is 16.5. The summed E-state index contributed by atoms with van der Waals surface area (Å²) in [7, 11) is 0. The molecule has 0 spiro atoms. The highest BCUT2D eigenvalue weighted by Gasteiger charge is 2.27. The van der Waals surface area contributed by atoms with Crippen LogP contribution in [-0.2, 0) is 4.74 Å². The van der Waals surface area contributed by atoms with E-state index in [9.17, 15) is 9.59 Å². The van der Waals surface area contributed by atoms with E-state index in [-0.39, 0.29) is 13.2 Å². The van der Waals surface area contributed by atoms with Crippen LogP contribution in [0.4, 0.5) is 0 Å². The third kappa shape index (κ3) is 2.74. The quantitative estimate of drug-likeness (QED) is 0.333. The predicted molar refractivity (Wildman–Crippen MR) is 64.4 cm³/mol. The van der Waals surface area contributed by atoms with Crippen LogP contribution in [0.3, 0.4) is 0 Å². The molecule has 1 aliphatic heterocycles. The molecule has 2 heterocycles. The van der Waals surface area contributed by atoms with E-state index >= 15 is 0 Å². The zero-order valence-electron chi connectivity index (χ0n) is 9.76. The van der Waals surface area contributed by atoms with Crippen LogP contribution >= 0.6 is 0 Å². The number of aromatic nitrogens is 2. The van der Waals surface area contributed by atoms with E-state index in [1.807, 2.05) is 0 Å². The number of ether oxygens (including phenoxy) is 1. The van der Waals surface area contributed by atoms with E-state index in [1.165, 1.54) is 16.8 Å². The van der Waals surface area contributed by atoms with Crippen LogP contribution in [0.5, 0.6) is 0 Å². The van der Waals surface area contributed by atoms with Gasteiger partial charge in [0, 0.05) is 23.7 Å². The third-order valence-corrected chi connectivity index (χ3v) is 2.68. The largest absolute Gasteiger partial charge is 0.393 e. The lowest BCUT2D eigenvalue weighted by atomic mass is 10.1. The highest BCUT2D eigenvalue weighted by Crippen LogP contribution is 2.25. The second-order valence-electron chi connectivity index (χ2n) is 3.85. The SMILES string of the molecule is [N-]=[N+]=NCC1=C[C@H](n2ccc(=O)[nH]c2=O)O[C@@H]1CO. The summed E-state index contributed by atoms with van der Waals surface area (Å²) in [6, 6.07) is 1.19. The van der Waals surface area contributed by atoms with Crippen molar-refractivity contribution in [3.8, 4) is 0 Å². The average Bonchev–Trinajstić information content (AvgIpc) is 2.79. The Bertz CT molecular complexity index is 654. The molecule has 2 N–H and O–H groups in total. The molecule has 0 saturated carbocycles. The summed E-state index contributed by atoms with van der Waals surface area (Å²) in [5, 5.41) is 12.6. The molecule has 9 nitrogen and oxygen atoms in total. The van der Waals surface area contributed by atoms with Gasteiger partial charge in [-0.1, -0.05) is 5.11 Å². The minimum absolute atomic E-state index is 0.0519. The van der Waals surface area contributed by atoms with E-state index in [2.05, 4.69) is 15.0 Å². The zero-order valence-corrected chi connectivity index (χ0v) is 9.76. The average molecular weight is 265 g/mol. The van der Waals surface area contributed by atoms with Gasteiger partial charge in [0.1, 0.15) is 6.10 Å². The second-order valence-corrected chi connectivity index (χ2v) is 3.85. The Hall–Kier alpha value is -2.35. The van der Waals surface area contributed by atoms with Crippen molar-refractivity contribution in [3.63, 3.8) is 0 Å². The van der Waals surface area contributed by atoms with Gasteiger partial charge in [-0.15, -0.1) is 0 Å². The van der Waals surface area contributed by atoms with Gasteiger partial charge in [0.05, 0.1) is 6.61 Å². The highest BCUT2D eigenvalue weighted by molar-refractivity contribution is 5.17. The molecule has 2 rings (SSSR count). The van der Waals surface area contributed by atoms with Crippen LogP contribution in [0.25, 0.3) is 10.4 Å². The van der Waals surface area contributed by atoms with Gasteiger partial charge in [-0.2, -0.15) is 0 Å². The van der Waals surface area contributed by atoms with Gasteiger partial charge >= 0.3 is 5.69 Å². The number of aliphatic hydroxyl groups excluding tert-OH is 1. The minimum Gasteiger partial charge on any atom is -0.393 e. The van der Waals surface area contributed by atoms with Gasteiger partial charge < -0.3 is 9.84 Å². The Kier molecular flexibility index (Phi) is 3.81. The number of aliphatic hydroxyl groups is 1. The number of azide groups is 1. The summed E-state index contributed by atoms with van der Waals surface area (Å²) in [5.41, 5.74) is 7.74. The van der Waals surface area contributed by atoms with Crippen molar-refractivity contribution in [1.29, 1.82) is 0 Å². The molecule has 2 atom stereocenters. The van der Waals surface area contributed by atoms with Gasteiger partial charge in [-0.3, -0.25) is 14.3 Å². The summed E-state index contributed by atoms with van der Waals surface area (Å²) in [6.45, 7) is -0.238. The van der Waals surface area contributed by atoms with Crippen molar-refractivity contribution >= 4 is 0 Å². The maximum absolute atomic E-state index is 11.6. The number of rotatable bonds is 4. The van der Waals surface area contributed by atoms with Crippen LogP contribution in [0, 0.1) is 0 Å². The minimum atomic E-state index is -0.745. The van der Waals surface area contributed by atoms with Crippen LogP contribution in [-0.4, -0.2) is 33.9 Å². The first-order valence-electron chi connectivity index (χ1n) is 5.45. The lowest BCUT2D eigenvalue weighted by Gasteiger charge is -2.15. The van der Waals surface area contributed by atoms with Crippen molar-refractivity contribution in [2.24, 2.45) is 5.11 Å². The molecule has 0 fully saturated rings. The smallest absolute Gasteiger partial charge is 0.330 e. The number of hydrogen-bond donors (Lipinski definition) is 2. The summed E-state index contributed by atoms with van der Waals surface area (Å²) >= 11 is 0. The van der Waals surface area contributed by atoms with Crippen LogP contribution in [0.1, 0.15) is 6.23 Å². The fraction of sp³-hybridized carbons (Fsp3) is 0.400. The topological polar surface area (TPSA) is 133 Å².